The topological polar surface area (TPSA) is 54.9 Å². The number of rotatable bonds is 36. The number of hydrogen-bond donors (Lipinski definition) is 0. The number of carbonyl (C=O) groups is 1. The summed E-state index contributed by atoms with van der Waals surface area (Å²) < 4.78 is 23.6. The van der Waals surface area contributed by atoms with Crippen molar-refractivity contribution in [3.63, 3.8) is 0 Å². The molecule has 4 unspecified atom stereocenters. The van der Waals surface area contributed by atoms with Crippen LogP contribution in [-0.2, 0) is 37.0 Å². The van der Waals surface area contributed by atoms with E-state index in [4.69, 9.17) is 13.9 Å². The first-order valence-corrected chi connectivity index (χ1v) is 40.2. The van der Waals surface area contributed by atoms with Crippen LogP contribution in [-0.4, -0.2) is 39.3 Å². The van der Waals surface area contributed by atoms with Crippen molar-refractivity contribution < 1.29 is 18.7 Å². The third-order valence-electron chi connectivity index (χ3n) is 23.3. The summed E-state index contributed by atoms with van der Waals surface area (Å²) in [4.78, 5) is 18.2. The predicted molar refractivity (Wildman–Crippen MR) is 439 cm³/mol. The first-order chi connectivity index (χ1) is 49.9. The van der Waals surface area contributed by atoms with Crippen molar-refractivity contribution in [3.05, 3.63) is 196 Å². The largest absolute Gasteiger partial charge is 0.495 e. The van der Waals surface area contributed by atoms with Gasteiger partial charge in [0.2, 0.25) is 5.36 Å². The van der Waals surface area contributed by atoms with E-state index in [1.165, 1.54) is 154 Å². The second-order valence-electron chi connectivity index (χ2n) is 29.6. The molecule has 0 bridgehead atoms. The summed E-state index contributed by atoms with van der Waals surface area (Å²) in [6.07, 6.45) is 23.2. The van der Waals surface area contributed by atoms with Crippen molar-refractivity contribution >= 4 is 65.7 Å². The number of nitrogens with zero attached hydrogens (tertiary/aromatic N) is 2. The Balaban J connectivity index is 1.19. The average molecular weight is 1370 g/mol. The quantitative estimate of drug-likeness (QED) is 0.0223. The SMILES string of the molecule is CCCCC(CC)Cc1cccc2c(-c3cc(COC(=O)c4ccccc4-c4c5ccc(=[N+](CC)CC)cc-5oc5cc(N(CC)CC)ccc45)cc(-c4c5cccc(CC(CC)CCCC)c5cc5c(CC(CC)CCCC)cccc45)c3OC)c3cccc(CC(CC)CCCC)c3cc12. The van der Waals surface area contributed by atoms with Gasteiger partial charge in [-0.3, -0.25) is 0 Å². The number of anilines is 1. The van der Waals surface area contributed by atoms with Crippen molar-refractivity contribution in [2.45, 2.75) is 218 Å². The molecule has 0 aromatic heterocycles. The number of benzene rings is 10. The minimum atomic E-state index is -0.384. The molecular weight excluding hydrogens is 1250 g/mol. The molecule has 102 heavy (non-hydrogen) atoms. The summed E-state index contributed by atoms with van der Waals surface area (Å²) in [5, 5.41) is 12.2. The summed E-state index contributed by atoms with van der Waals surface area (Å²) >= 11 is 0. The molecule has 4 atom stereocenters. The highest BCUT2D eigenvalue weighted by molar-refractivity contribution is 6.19. The van der Waals surface area contributed by atoms with E-state index in [2.05, 4.69) is 232 Å². The zero-order chi connectivity index (χ0) is 71.8. The fraction of sp³-hybridized carbons (Fsp3) is 0.438. The van der Waals surface area contributed by atoms with Gasteiger partial charge in [0.1, 0.15) is 36.8 Å². The van der Waals surface area contributed by atoms with Gasteiger partial charge in [-0.05, 0) is 202 Å². The van der Waals surface area contributed by atoms with E-state index in [1.54, 1.807) is 0 Å². The van der Waals surface area contributed by atoms with Gasteiger partial charge in [0.25, 0.3) is 0 Å². The van der Waals surface area contributed by atoms with Crippen LogP contribution < -0.4 is 19.6 Å². The van der Waals surface area contributed by atoms with Crippen molar-refractivity contribution in [1.82, 2.24) is 4.58 Å². The standard InChI is InChI=1S/C96H119N2O4/c1-14-26-36-65(18-5)54-70-40-32-46-77-84(70)62-85-71(55-66(19-6)37-27-15-2)41-33-47-78(85)92(77)88-58-69(64-101-96(99)81-45-31-30-44-76(81)94-82-52-50-74(97(22-9)23-10)60-90(82)102-91-61-75(51-53-83(91)94)98(24-11)25-12)59-89(95(88)100-13)93-79-48-34-42-72(56-67(20-7)38-28-16-3)86(79)63-87-73(43-35-49-80(87)93)57-68(21-8)39-29-17-4/h30-35,40-53,58-63,65-68H,14-29,36-39,54-57,64H2,1-13H3/q+1. The van der Waals surface area contributed by atoms with Crippen molar-refractivity contribution in [1.29, 1.82) is 0 Å². The van der Waals surface area contributed by atoms with Crippen LogP contribution in [0.25, 0.3) is 98.8 Å². The Morgan fingerprint density at radius 3 is 1.26 bits per heavy atom. The number of esters is 1. The number of ether oxygens (including phenoxy) is 2. The van der Waals surface area contributed by atoms with Gasteiger partial charge in [-0.15, -0.1) is 0 Å². The van der Waals surface area contributed by atoms with Crippen LogP contribution >= 0.6 is 0 Å². The smallest absolute Gasteiger partial charge is 0.339 e. The summed E-state index contributed by atoms with van der Waals surface area (Å²) in [5.74, 6) is 3.52. The second-order valence-corrected chi connectivity index (χ2v) is 29.6. The van der Waals surface area contributed by atoms with E-state index in [0.29, 0.717) is 29.2 Å². The lowest BCUT2D eigenvalue weighted by atomic mass is 9.81. The van der Waals surface area contributed by atoms with Crippen LogP contribution in [0.15, 0.2) is 162 Å². The molecular formula is C96H119N2O4+. The lowest BCUT2D eigenvalue weighted by Gasteiger charge is -2.25. The third-order valence-corrected chi connectivity index (χ3v) is 23.3. The monoisotopic (exact) mass is 1360 g/mol. The molecule has 0 spiro atoms. The van der Waals surface area contributed by atoms with Gasteiger partial charge in [-0.1, -0.05) is 249 Å². The van der Waals surface area contributed by atoms with Crippen molar-refractivity contribution in [3.8, 4) is 50.5 Å². The maximum absolute atomic E-state index is 15.8. The Kier molecular flexibility index (Phi) is 26.3. The van der Waals surface area contributed by atoms with E-state index >= 15 is 4.79 Å². The molecule has 536 valence electrons. The van der Waals surface area contributed by atoms with Gasteiger partial charge in [0.05, 0.1) is 18.7 Å². The van der Waals surface area contributed by atoms with Crippen LogP contribution in [0.2, 0.25) is 0 Å². The first kappa shape index (κ1) is 75.0. The summed E-state index contributed by atoms with van der Waals surface area (Å²) in [5.41, 5.74) is 15.9. The molecule has 0 radical (unpaired) electrons. The summed E-state index contributed by atoms with van der Waals surface area (Å²) in [6, 6.07) is 59.4. The molecule has 9 aromatic carbocycles. The first-order valence-electron chi connectivity index (χ1n) is 40.2. The minimum absolute atomic E-state index is 0.0259. The Labute approximate surface area is 612 Å². The maximum atomic E-state index is 15.8. The lowest BCUT2D eigenvalue weighted by molar-refractivity contribution is 0.0473. The molecule has 6 nitrogen and oxygen atoms in total. The van der Waals surface area contributed by atoms with E-state index in [9.17, 15) is 0 Å². The Morgan fingerprint density at radius 2 is 0.863 bits per heavy atom. The van der Waals surface area contributed by atoms with Gasteiger partial charge >= 0.3 is 5.97 Å². The van der Waals surface area contributed by atoms with Gasteiger partial charge in [-0.2, -0.15) is 0 Å². The number of unbranched alkanes of at least 4 members (excludes halogenated alkanes) is 4. The minimum Gasteiger partial charge on any atom is -0.495 e. The normalized spacial score (nSPS) is 13.0. The highest BCUT2D eigenvalue weighted by Gasteiger charge is 2.29. The van der Waals surface area contributed by atoms with Crippen molar-refractivity contribution in [2.24, 2.45) is 23.7 Å². The molecule has 1 aliphatic carbocycles. The lowest BCUT2D eigenvalue weighted by Crippen LogP contribution is -2.29. The third kappa shape index (κ3) is 16.2. The average Bonchev–Trinajstić information content (AvgIpc) is 0.730. The molecule has 11 rings (SSSR count). The van der Waals surface area contributed by atoms with Gasteiger partial charge < -0.3 is 18.8 Å². The molecule has 0 N–H and O–H groups in total. The van der Waals surface area contributed by atoms with Crippen LogP contribution in [0, 0.1) is 23.7 Å². The fourth-order valence-corrected chi connectivity index (χ4v) is 17.1. The molecule has 0 fully saturated rings. The van der Waals surface area contributed by atoms with Gasteiger partial charge in [-0.25, -0.2) is 9.37 Å². The molecule has 6 heteroatoms. The van der Waals surface area contributed by atoms with E-state index in [-0.39, 0.29) is 12.6 Å². The van der Waals surface area contributed by atoms with E-state index in [1.807, 2.05) is 25.3 Å². The van der Waals surface area contributed by atoms with Gasteiger partial charge in [0, 0.05) is 69.7 Å². The molecule has 0 saturated heterocycles. The molecule has 1 aliphatic heterocycles. The van der Waals surface area contributed by atoms with Crippen molar-refractivity contribution in [2.75, 3.05) is 38.2 Å². The summed E-state index contributed by atoms with van der Waals surface area (Å²) in [6.45, 7) is 31.1. The Hall–Kier alpha value is -8.22. The summed E-state index contributed by atoms with van der Waals surface area (Å²) in [7, 11) is 1.89. The zero-order valence-corrected chi connectivity index (χ0v) is 64.5. The van der Waals surface area contributed by atoms with E-state index in [0.717, 1.165) is 144 Å². The Bertz CT molecular complexity index is 4360. The number of carbonyl (C=O) groups excluding carboxylic acids is 1. The maximum Gasteiger partial charge on any atom is 0.339 e. The molecule has 0 amide bonds. The number of hydrogen-bond acceptors (Lipinski definition) is 5. The fourth-order valence-electron chi connectivity index (χ4n) is 17.1. The predicted octanol–water partition coefficient (Wildman–Crippen LogP) is 26.2. The molecule has 2 aliphatic rings. The van der Waals surface area contributed by atoms with Crippen LogP contribution in [0.1, 0.15) is 224 Å². The van der Waals surface area contributed by atoms with Gasteiger partial charge in [0.15, 0.2) is 0 Å². The molecule has 0 saturated carbocycles. The van der Waals surface area contributed by atoms with Crippen LogP contribution in [0.4, 0.5) is 5.69 Å². The van der Waals surface area contributed by atoms with Crippen LogP contribution in [0.5, 0.6) is 5.75 Å². The number of methoxy groups -OCH3 is 1. The zero-order valence-electron chi connectivity index (χ0n) is 64.5. The molecule has 1 heterocycles. The number of fused-ring (bicyclic) bond motifs is 6. The van der Waals surface area contributed by atoms with Crippen LogP contribution in [0.3, 0.4) is 0 Å². The molecule has 9 aromatic rings. The highest BCUT2D eigenvalue weighted by Crippen LogP contribution is 2.51. The second kappa shape index (κ2) is 35.8. The highest BCUT2D eigenvalue weighted by atomic mass is 16.5. The Morgan fingerprint density at radius 1 is 0.422 bits per heavy atom. The van der Waals surface area contributed by atoms with E-state index < -0.39 is 0 Å².